The number of hydrogen-bond donors (Lipinski definition) is 1. The first-order valence-corrected chi connectivity index (χ1v) is 13.6. The lowest BCUT2D eigenvalue weighted by Gasteiger charge is -2.38. The topological polar surface area (TPSA) is 87.2 Å². The average Bonchev–Trinajstić information content (AvgIpc) is 3.32. The summed E-state index contributed by atoms with van der Waals surface area (Å²) in [6.07, 6.45) is 2.92. The lowest BCUT2D eigenvalue weighted by atomic mass is 10.0. The van der Waals surface area contributed by atoms with E-state index in [1.54, 1.807) is 30.2 Å². The normalized spacial score (nSPS) is 17.2. The molecule has 0 saturated carbocycles. The first-order valence-electron chi connectivity index (χ1n) is 13.6. The van der Waals surface area contributed by atoms with Crippen molar-refractivity contribution < 1.29 is 23.5 Å². The highest BCUT2D eigenvalue weighted by Gasteiger charge is 2.32. The van der Waals surface area contributed by atoms with E-state index in [2.05, 4.69) is 15.2 Å². The minimum Gasteiger partial charge on any atom is -0.497 e. The number of carbonyl (C=O) groups is 2. The largest absolute Gasteiger partial charge is 0.497 e. The van der Waals surface area contributed by atoms with Crippen molar-refractivity contribution in [3.63, 3.8) is 0 Å². The van der Waals surface area contributed by atoms with Crippen molar-refractivity contribution in [2.45, 2.75) is 31.7 Å². The Morgan fingerprint density at radius 2 is 1.75 bits per heavy atom. The van der Waals surface area contributed by atoms with E-state index in [0.29, 0.717) is 49.9 Å². The fourth-order valence-corrected chi connectivity index (χ4v) is 5.93. The number of piperidine rings is 1. The van der Waals surface area contributed by atoms with E-state index in [4.69, 9.17) is 9.47 Å². The maximum absolute atomic E-state index is 13.7. The molecule has 0 unspecified atom stereocenters. The summed E-state index contributed by atoms with van der Waals surface area (Å²) in [4.78, 5) is 37.0. The van der Waals surface area contributed by atoms with Gasteiger partial charge in [-0.15, -0.1) is 0 Å². The number of methoxy groups -OCH3 is 2. The van der Waals surface area contributed by atoms with Crippen LogP contribution in [-0.2, 0) is 12.8 Å². The molecule has 9 nitrogen and oxygen atoms in total. The van der Waals surface area contributed by atoms with Crippen molar-refractivity contribution in [2.24, 2.45) is 0 Å². The first kappa shape index (κ1) is 25.9. The monoisotopic (exact) mass is 545 g/mol. The number of amides is 3. The Kier molecular flexibility index (Phi) is 6.91. The van der Waals surface area contributed by atoms with Crippen LogP contribution in [0.3, 0.4) is 0 Å². The number of nitrogens with one attached hydrogen (secondary N) is 1. The minimum atomic E-state index is -0.299. The number of halogens is 1. The molecule has 10 heteroatoms. The quantitative estimate of drug-likeness (QED) is 0.508. The highest BCUT2D eigenvalue weighted by atomic mass is 19.1. The summed E-state index contributed by atoms with van der Waals surface area (Å²) in [7, 11) is 3.17. The Morgan fingerprint density at radius 3 is 2.52 bits per heavy atom. The maximum Gasteiger partial charge on any atom is 0.322 e. The predicted molar refractivity (Wildman–Crippen MR) is 150 cm³/mol. The first-order chi connectivity index (χ1) is 19.4. The van der Waals surface area contributed by atoms with Gasteiger partial charge in [-0.1, -0.05) is 0 Å². The Labute approximate surface area is 232 Å². The Hall–Kier alpha value is -4.34. The molecule has 3 aliphatic rings. The third-order valence-electron chi connectivity index (χ3n) is 8.09. The van der Waals surface area contributed by atoms with Gasteiger partial charge in [0, 0.05) is 55.2 Å². The molecule has 1 N–H and O–H groups in total. The number of nitrogens with zero attached hydrogens (tertiary/aromatic N) is 4. The van der Waals surface area contributed by atoms with Crippen LogP contribution < -0.4 is 24.6 Å². The minimum absolute atomic E-state index is 0.0828. The molecule has 0 bridgehead atoms. The highest BCUT2D eigenvalue weighted by molar-refractivity contribution is 6.07. The molecular formula is C30H32FN5O4. The molecule has 3 aromatic rings. The van der Waals surface area contributed by atoms with Crippen LogP contribution in [-0.4, -0.2) is 68.3 Å². The van der Waals surface area contributed by atoms with Crippen molar-refractivity contribution in [1.29, 1.82) is 0 Å². The molecule has 40 heavy (non-hydrogen) atoms. The van der Waals surface area contributed by atoms with E-state index in [0.717, 1.165) is 47.5 Å². The van der Waals surface area contributed by atoms with E-state index < -0.39 is 0 Å². The number of carbonyl (C=O) groups excluding carboxylic acids is 2. The Balaban J connectivity index is 1.15. The third kappa shape index (κ3) is 4.89. The van der Waals surface area contributed by atoms with Crippen LogP contribution in [0, 0.1) is 5.82 Å². The maximum atomic E-state index is 13.7. The average molecular weight is 546 g/mol. The van der Waals surface area contributed by atoms with Crippen molar-refractivity contribution in [2.75, 3.05) is 55.5 Å². The van der Waals surface area contributed by atoms with Crippen LogP contribution in [0.1, 0.15) is 34.3 Å². The second-order valence-electron chi connectivity index (χ2n) is 10.4. The van der Waals surface area contributed by atoms with E-state index in [1.165, 1.54) is 19.2 Å². The lowest BCUT2D eigenvalue weighted by Crippen LogP contribution is -2.49. The summed E-state index contributed by atoms with van der Waals surface area (Å²) in [6, 6.07) is 13.7. The van der Waals surface area contributed by atoms with Crippen molar-refractivity contribution >= 4 is 29.1 Å². The van der Waals surface area contributed by atoms with Crippen molar-refractivity contribution in [1.82, 2.24) is 9.88 Å². The summed E-state index contributed by atoms with van der Waals surface area (Å²) in [5, 5.41) is 3.06. The number of urea groups is 1. The Bertz CT molecular complexity index is 1460. The van der Waals surface area contributed by atoms with E-state index in [-0.39, 0.29) is 23.8 Å². The molecular weight excluding hydrogens is 513 g/mol. The lowest BCUT2D eigenvalue weighted by molar-refractivity contribution is 0.0988. The van der Waals surface area contributed by atoms with Crippen LogP contribution in [0.4, 0.5) is 26.4 Å². The van der Waals surface area contributed by atoms with Gasteiger partial charge in [-0.2, -0.15) is 4.98 Å². The van der Waals surface area contributed by atoms with E-state index >= 15 is 0 Å². The summed E-state index contributed by atoms with van der Waals surface area (Å²) >= 11 is 0. The van der Waals surface area contributed by atoms with Gasteiger partial charge in [0.25, 0.3) is 5.91 Å². The number of benzene rings is 2. The standard InChI is InChI=1S/C30H32FN5O4/c1-39-24-4-5-25-19(16-24)7-13-35(30(38)32-25)23-9-11-34(12-10-23)27-17-21(18-28(33-27)40-2)29(37)36-14-8-20-15-22(31)3-6-26(20)36/h3-6,15-18,23H,7-14H2,1-2H3,(H,32,38). The summed E-state index contributed by atoms with van der Waals surface area (Å²) in [6.45, 7) is 2.51. The molecule has 3 amide bonds. The molecule has 0 radical (unpaired) electrons. The van der Waals surface area contributed by atoms with Gasteiger partial charge >= 0.3 is 6.03 Å². The van der Waals surface area contributed by atoms with Gasteiger partial charge in [0.15, 0.2) is 0 Å². The van der Waals surface area contributed by atoms with Gasteiger partial charge in [0.1, 0.15) is 17.4 Å². The van der Waals surface area contributed by atoms with Gasteiger partial charge < -0.3 is 29.5 Å². The van der Waals surface area contributed by atoms with Crippen molar-refractivity contribution in [3.8, 4) is 11.6 Å². The molecule has 1 fully saturated rings. The zero-order chi connectivity index (χ0) is 27.8. The molecule has 2 aromatic carbocycles. The Morgan fingerprint density at radius 1 is 0.950 bits per heavy atom. The SMILES string of the molecule is COc1ccc2c(c1)CCN(C1CCN(c3cc(C(=O)N4CCc5cc(F)ccc54)cc(OC)n3)CC1)C(=O)N2. The number of ether oxygens (including phenoxy) is 2. The zero-order valence-electron chi connectivity index (χ0n) is 22.7. The molecule has 3 aliphatic heterocycles. The predicted octanol–water partition coefficient (Wildman–Crippen LogP) is 4.50. The second-order valence-corrected chi connectivity index (χ2v) is 10.4. The fraction of sp³-hybridized carbons (Fsp3) is 0.367. The fourth-order valence-electron chi connectivity index (χ4n) is 5.93. The van der Waals surface area contributed by atoms with Crippen molar-refractivity contribution in [3.05, 3.63) is 71.0 Å². The van der Waals surface area contributed by atoms with Gasteiger partial charge in [0.2, 0.25) is 5.88 Å². The molecule has 1 saturated heterocycles. The number of pyridine rings is 1. The summed E-state index contributed by atoms with van der Waals surface area (Å²) < 4.78 is 24.5. The molecule has 1 aromatic heterocycles. The van der Waals surface area contributed by atoms with Gasteiger partial charge in [0.05, 0.1) is 14.2 Å². The highest BCUT2D eigenvalue weighted by Crippen LogP contribution is 2.32. The smallest absolute Gasteiger partial charge is 0.322 e. The van der Waals surface area contributed by atoms with Gasteiger partial charge in [-0.05, 0) is 79.3 Å². The van der Waals surface area contributed by atoms with Crippen LogP contribution in [0.2, 0.25) is 0 Å². The summed E-state index contributed by atoms with van der Waals surface area (Å²) in [5.41, 5.74) is 3.93. The zero-order valence-corrected chi connectivity index (χ0v) is 22.7. The molecule has 4 heterocycles. The number of aromatic nitrogens is 1. The van der Waals surface area contributed by atoms with E-state index in [9.17, 15) is 14.0 Å². The third-order valence-corrected chi connectivity index (χ3v) is 8.09. The summed E-state index contributed by atoms with van der Waals surface area (Å²) in [5.74, 6) is 1.34. The second kappa shape index (κ2) is 10.7. The molecule has 6 rings (SSSR count). The van der Waals surface area contributed by atoms with E-state index in [1.807, 2.05) is 23.1 Å². The van der Waals surface area contributed by atoms with Crippen LogP contribution >= 0.6 is 0 Å². The van der Waals surface area contributed by atoms with Crippen LogP contribution in [0.15, 0.2) is 48.5 Å². The number of rotatable bonds is 5. The molecule has 0 aliphatic carbocycles. The number of anilines is 3. The molecule has 0 atom stereocenters. The number of hydrogen-bond acceptors (Lipinski definition) is 6. The van der Waals surface area contributed by atoms with Crippen LogP contribution in [0.25, 0.3) is 0 Å². The van der Waals surface area contributed by atoms with Crippen LogP contribution in [0.5, 0.6) is 11.6 Å². The van der Waals surface area contributed by atoms with Gasteiger partial charge in [-0.25, -0.2) is 9.18 Å². The molecule has 0 spiro atoms. The van der Waals surface area contributed by atoms with Gasteiger partial charge in [-0.3, -0.25) is 4.79 Å². The number of fused-ring (bicyclic) bond motifs is 2. The molecule has 208 valence electrons.